The number of rotatable bonds is 2. The first-order valence-electron chi connectivity index (χ1n) is 2.66. The van der Waals surface area contributed by atoms with E-state index < -0.39 is 0 Å². The van der Waals surface area contributed by atoms with E-state index in [4.69, 9.17) is 12.6 Å². The van der Waals surface area contributed by atoms with Crippen molar-refractivity contribution in [3.8, 4) is 0 Å². The van der Waals surface area contributed by atoms with Crippen molar-refractivity contribution in [3.05, 3.63) is 35.0 Å². The second kappa shape index (κ2) is 3.08. The molecule has 1 aromatic heterocycles. The van der Waals surface area contributed by atoms with E-state index >= 15 is 0 Å². The highest BCUT2D eigenvalue weighted by Gasteiger charge is 2.00. The van der Waals surface area contributed by atoms with E-state index in [1.165, 1.54) is 4.88 Å². The van der Waals surface area contributed by atoms with Crippen LogP contribution >= 0.6 is 24.0 Å². The summed E-state index contributed by atoms with van der Waals surface area (Å²) in [4.78, 5) is 1.21. The van der Waals surface area contributed by atoms with Gasteiger partial charge in [0.1, 0.15) is 0 Å². The second-order valence-corrected chi connectivity index (χ2v) is 3.16. The molecule has 2 heteroatoms. The molecule has 0 saturated heterocycles. The first kappa shape index (κ1) is 6.90. The summed E-state index contributed by atoms with van der Waals surface area (Å²) in [5, 5.41) is 2.13. The Kier molecular flexibility index (Phi) is 2.37. The molecule has 0 fully saturated rings. The summed E-state index contributed by atoms with van der Waals surface area (Å²) < 4.78 is 0. The number of hydrogen-bond acceptors (Lipinski definition) is 1. The molecule has 0 bridgehead atoms. The fraction of sp³-hybridized carbons (Fsp3) is 0.143. The van der Waals surface area contributed by atoms with Crippen LogP contribution < -0.4 is 0 Å². The predicted molar refractivity (Wildman–Crippen MR) is 44.8 cm³/mol. The highest BCUT2D eigenvalue weighted by atomic mass is 32.1. The molecule has 0 saturated carbocycles. The zero-order valence-corrected chi connectivity index (χ0v) is 6.54. The molecule has 1 radical (unpaired) electrons. The van der Waals surface area contributed by atoms with E-state index in [0.29, 0.717) is 0 Å². The Morgan fingerprint density at radius 2 is 2.56 bits per heavy atom. The molecule has 0 aromatic carbocycles. The quantitative estimate of drug-likeness (QED) is 0.575. The van der Waals surface area contributed by atoms with Crippen molar-refractivity contribution in [1.82, 2.24) is 0 Å². The fourth-order valence-electron chi connectivity index (χ4n) is 0.569. The van der Waals surface area contributed by atoms with Gasteiger partial charge < -0.3 is 0 Å². The summed E-state index contributed by atoms with van der Waals surface area (Å²) in [7, 11) is 0. The normalized spacial score (nSPS) is 13.0. The highest BCUT2D eigenvalue weighted by molar-refractivity contribution is 7.80. The van der Waals surface area contributed by atoms with Gasteiger partial charge in [0.2, 0.25) is 0 Å². The van der Waals surface area contributed by atoms with Gasteiger partial charge in [0.15, 0.2) is 0 Å². The Labute approximate surface area is 64.6 Å². The molecular formula is C7H7S2. The minimum absolute atomic E-state index is 0.102. The summed E-state index contributed by atoms with van der Waals surface area (Å²) in [6.07, 6.45) is 1.78. The Morgan fingerprint density at radius 3 is 3.00 bits per heavy atom. The molecule has 0 N–H and O–H groups in total. The Morgan fingerprint density at radius 1 is 1.78 bits per heavy atom. The summed E-state index contributed by atoms with van der Waals surface area (Å²) >= 11 is 6.73. The van der Waals surface area contributed by atoms with Crippen LogP contribution in [0.5, 0.6) is 0 Å². The van der Waals surface area contributed by atoms with Crippen molar-refractivity contribution in [2.24, 2.45) is 0 Å². The van der Waals surface area contributed by atoms with Crippen LogP contribution in [-0.4, -0.2) is 0 Å². The molecule has 0 spiro atoms. The zero-order valence-electron chi connectivity index (χ0n) is 4.91. The molecule has 0 nitrogen and oxygen atoms in total. The van der Waals surface area contributed by atoms with Crippen LogP contribution in [0.1, 0.15) is 10.1 Å². The van der Waals surface area contributed by atoms with Crippen molar-refractivity contribution < 1.29 is 0 Å². The van der Waals surface area contributed by atoms with Gasteiger partial charge in [-0.25, -0.2) is 0 Å². The molecule has 1 aromatic rings. The third-order valence-corrected chi connectivity index (χ3v) is 2.59. The fourth-order valence-corrected chi connectivity index (χ4v) is 1.52. The molecule has 1 unspecified atom stereocenters. The third-order valence-electron chi connectivity index (χ3n) is 1.04. The van der Waals surface area contributed by atoms with Crippen molar-refractivity contribution in [3.63, 3.8) is 0 Å². The molecule has 0 aliphatic heterocycles. The van der Waals surface area contributed by atoms with Crippen LogP contribution in [0, 0.1) is 0 Å². The summed E-state index contributed by atoms with van der Waals surface area (Å²) in [5.74, 6) is 0. The number of thiophene rings is 1. The Balaban J connectivity index is 2.76. The van der Waals surface area contributed by atoms with Crippen LogP contribution in [0.3, 0.4) is 0 Å². The van der Waals surface area contributed by atoms with E-state index in [9.17, 15) is 0 Å². The molecule has 0 aliphatic rings. The van der Waals surface area contributed by atoms with Crippen LogP contribution in [0.15, 0.2) is 30.2 Å². The van der Waals surface area contributed by atoms with Gasteiger partial charge in [-0.3, -0.25) is 0 Å². The lowest BCUT2D eigenvalue weighted by Crippen LogP contribution is -1.75. The molecule has 47 valence electrons. The van der Waals surface area contributed by atoms with E-state index in [1.807, 2.05) is 17.5 Å². The van der Waals surface area contributed by atoms with Gasteiger partial charge in [0.05, 0.1) is 5.25 Å². The van der Waals surface area contributed by atoms with Gasteiger partial charge >= 0.3 is 0 Å². The molecule has 9 heavy (non-hydrogen) atoms. The van der Waals surface area contributed by atoms with Crippen molar-refractivity contribution in [1.29, 1.82) is 0 Å². The standard InChI is InChI=1S/C7H7S2/c1-2-6(8)7-4-3-5-9-7/h2-6H,1H2. The van der Waals surface area contributed by atoms with E-state index in [-0.39, 0.29) is 5.25 Å². The lowest BCUT2D eigenvalue weighted by atomic mass is 10.3. The van der Waals surface area contributed by atoms with Crippen LogP contribution in [0.2, 0.25) is 0 Å². The van der Waals surface area contributed by atoms with Gasteiger partial charge in [-0.05, 0) is 11.4 Å². The van der Waals surface area contributed by atoms with Gasteiger partial charge in [-0.2, -0.15) is 0 Å². The molecule has 1 rings (SSSR count). The Hall–Kier alpha value is -0.210. The first-order valence-corrected chi connectivity index (χ1v) is 4.01. The van der Waals surface area contributed by atoms with Crippen LogP contribution in [-0.2, 0) is 0 Å². The minimum atomic E-state index is 0.102. The monoisotopic (exact) mass is 155 g/mol. The summed E-state index contributed by atoms with van der Waals surface area (Å²) in [5.41, 5.74) is 0. The molecule has 1 atom stereocenters. The smallest absolute Gasteiger partial charge is 0.0672 e. The SMILES string of the molecule is C=CC([S])c1cccs1. The van der Waals surface area contributed by atoms with Crippen molar-refractivity contribution in [2.75, 3.05) is 0 Å². The zero-order chi connectivity index (χ0) is 6.69. The summed E-state index contributed by atoms with van der Waals surface area (Å²) in [6.45, 7) is 3.62. The average molecular weight is 155 g/mol. The molecule has 0 amide bonds. The van der Waals surface area contributed by atoms with Gasteiger partial charge in [0.25, 0.3) is 0 Å². The number of hydrogen-bond donors (Lipinski definition) is 0. The topological polar surface area (TPSA) is 0 Å². The van der Waals surface area contributed by atoms with E-state index in [2.05, 4.69) is 6.58 Å². The van der Waals surface area contributed by atoms with Gasteiger partial charge in [0, 0.05) is 4.88 Å². The minimum Gasteiger partial charge on any atom is -0.147 e. The predicted octanol–water partition coefficient (Wildman–Crippen LogP) is 3.17. The lowest BCUT2D eigenvalue weighted by Gasteiger charge is -1.95. The maximum Gasteiger partial charge on any atom is 0.0672 e. The van der Waals surface area contributed by atoms with Crippen molar-refractivity contribution >= 4 is 24.0 Å². The largest absolute Gasteiger partial charge is 0.147 e. The maximum atomic E-state index is 5.05. The average Bonchev–Trinajstić information content (AvgIpc) is 2.37. The van der Waals surface area contributed by atoms with Gasteiger partial charge in [-0.1, -0.05) is 24.8 Å². The van der Waals surface area contributed by atoms with Crippen molar-refractivity contribution in [2.45, 2.75) is 5.25 Å². The summed E-state index contributed by atoms with van der Waals surface area (Å²) in [6, 6.07) is 4.03. The highest BCUT2D eigenvalue weighted by Crippen LogP contribution is 2.24. The van der Waals surface area contributed by atoms with E-state index in [1.54, 1.807) is 17.4 Å². The molecule has 1 heterocycles. The second-order valence-electron chi connectivity index (χ2n) is 1.67. The van der Waals surface area contributed by atoms with E-state index in [0.717, 1.165) is 0 Å². The maximum absolute atomic E-state index is 5.05. The lowest BCUT2D eigenvalue weighted by molar-refractivity contribution is 1.32. The molecular weight excluding hydrogens is 148 g/mol. The van der Waals surface area contributed by atoms with Gasteiger partial charge in [-0.15, -0.1) is 17.9 Å². The molecule has 0 aliphatic carbocycles. The Bertz CT molecular complexity index is 177. The third kappa shape index (κ3) is 1.60. The van der Waals surface area contributed by atoms with Crippen LogP contribution in [0.4, 0.5) is 0 Å². The first-order chi connectivity index (χ1) is 4.34. The van der Waals surface area contributed by atoms with Crippen LogP contribution in [0.25, 0.3) is 0 Å².